The minimum Gasteiger partial charge on any atom is -0.137 e. The largest absolute Gasteiger partial charge is 0.137 e. The molecule has 0 N–H and O–H groups in total. The van der Waals surface area contributed by atoms with Gasteiger partial charge in [0.25, 0.3) is 0 Å². The van der Waals surface area contributed by atoms with E-state index in [1.54, 1.807) is 11.3 Å². The molecular formula is C9H10Br2S. The van der Waals surface area contributed by atoms with Crippen molar-refractivity contribution in [2.75, 3.05) is 5.33 Å². The summed E-state index contributed by atoms with van der Waals surface area (Å²) in [4.78, 5) is 0. The molecule has 0 unspecified atom stereocenters. The summed E-state index contributed by atoms with van der Waals surface area (Å²) in [7, 11) is 0. The molecule has 66 valence electrons. The van der Waals surface area contributed by atoms with E-state index < -0.39 is 0 Å². The van der Waals surface area contributed by atoms with Gasteiger partial charge < -0.3 is 0 Å². The highest BCUT2D eigenvalue weighted by atomic mass is 79.9. The molecule has 0 amide bonds. The van der Waals surface area contributed by atoms with E-state index >= 15 is 0 Å². The number of alkyl halides is 1. The van der Waals surface area contributed by atoms with Crippen molar-refractivity contribution in [1.82, 2.24) is 0 Å². The lowest BCUT2D eigenvalue weighted by molar-refractivity contribution is 0.586. The average Bonchev–Trinajstić information content (AvgIpc) is 2.74. The maximum atomic E-state index is 3.59. The number of thiophene rings is 1. The average molecular weight is 310 g/mol. The SMILES string of the molecule is BrCC1(Cc2ccsc2Br)CC1. The van der Waals surface area contributed by atoms with Crippen LogP contribution in [0.5, 0.6) is 0 Å². The van der Waals surface area contributed by atoms with E-state index in [-0.39, 0.29) is 0 Å². The number of rotatable bonds is 3. The van der Waals surface area contributed by atoms with Gasteiger partial charge >= 0.3 is 0 Å². The molecule has 1 aromatic heterocycles. The monoisotopic (exact) mass is 308 g/mol. The molecule has 1 heterocycles. The van der Waals surface area contributed by atoms with Crippen LogP contribution in [-0.2, 0) is 6.42 Å². The van der Waals surface area contributed by atoms with E-state index in [2.05, 4.69) is 43.3 Å². The second kappa shape index (κ2) is 3.43. The van der Waals surface area contributed by atoms with Gasteiger partial charge in [-0.2, -0.15) is 0 Å². The minimum absolute atomic E-state index is 0.601. The first-order valence-electron chi connectivity index (χ1n) is 4.04. The molecule has 1 fully saturated rings. The van der Waals surface area contributed by atoms with Crippen molar-refractivity contribution in [3.8, 4) is 0 Å². The quantitative estimate of drug-likeness (QED) is 0.733. The first kappa shape index (κ1) is 9.22. The molecule has 1 aromatic rings. The lowest BCUT2D eigenvalue weighted by Gasteiger charge is -2.09. The van der Waals surface area contributed by atoms with Crippen LogP contribution in [0.2, 0.25) is 0 Å². The van der Waals surface area contributed by atoms with Gasteiger partial charge in [-0.3, -0.25) is 0 Å². The summed E-state index contributed by atoms with van der Waals surface area (Å²) in [6, 6.07) is 2.23. The molecule has 0 bridgehead atoms. The van der Waals surface area contributed by atoms with Gasteiger partial charge in [-0.25, -0.2) is 0 Å². The Balaban J connectivity index is 2.08. The van der Waals surface area contributed by atoms with Crippen molar-refractivity contribution in [3.05, 3.63) is 20.8 Å². The lowest BCUT2D eigenvalue weighted by Crippen LogP contribution is -2.05. The summed E-state index contributed by atoms with van der Waals surface area (Å²) in [5, 5.41) is 3.31. The van der Waals surface area contributed by atoms with E-state index in [4.69, 9.17) is 0 Å². The van der Waals surface area contributed by atoms with Gasteiger partial charge in [0, 0.05) is 5.33 Å². The maximum absolute atomic E-state index is 3.59. The Morgan fingerprint density at radius 3 is 2.67 bits per heavy atom. The van der Waals surface area contributed by atoms with E-state index in [0.717, 1.165) is 5.33 Å². The van der Waals surface area contributed by atoms with Crippen LogP contribution >= 0.6 is 43.2 Å². The third kappa shape index (κ3) is 1.78. The molecule has 0 aliphatic heterocycles. The standard InChI is InChI=1S/C9H10Br2S/c10-6-9(2-3-9)5-7-1-4-12-8(7)11/h1,4H,2-3,5-6H2. The molecule has 0 atom stereocenters. The smallest absolute Gasteiger partial charge is 0.0730 e. The first-order chi connectivity index (χ1) is 5.76. The maximum Gasteiger partial charge on any atom is 0.0730 e. The van der Waals surface area contributed by atoms with Crippen LogP contribution in [0.15, 0.2) is 15.2 Å². The van der Waals surface area contributed by atoms with Crippen molar-refractivity contribution in [2.45, 2.75) is 19.3 Å². The molecule has 2 rings (SSSR count). The van der Waals surface area contributed by atoms with Crippen LogP contribution in [-0.4, -0.2) is 5.33 Å². The Morgan fingerprint density at radius 2 is 2.25 bits per heavy atom. The molecule has 0 spiro atoms. The van der Waals surface area contributed by atoms with Crippen molar-refractivity contribution in [1.29, 1.82) is 0 Å². The molecule has 3 heteroatoms. The van der Waals surface area contributed by atoms with Crippen LogP contribution in [0.1, 0.15) is 18.4 Å². The van der Waals surface area contributed by atoms with Crippen LogP contribution in [0.4, 0.5) is 0 Å². The first-order valence-corrected chi connectivity index (χ1v) is 6.83. The third-order valence-corrected chi connectivity index (χ3v) is 5.50. The summed E-state index contributed by atoms with van der Waals surface area (Å²) < 4.78 is 1.31. The van der Waals surface area contributed by atoms with Gasteiger partial charge in [-0.05, 0) is 57.6 Å². The number of halogens is 2. The molecule has 1 saturated carbocycles. The predicted molar refractivity (Wildman–Crippen MR) is 61.2 cm³/mol. The van der Waals surface area contributed by atoms with E-state index in [9.17, 15) is 0 Å². The molecule has 0 aromatic carbocycles. The van der Waals surface area contributed by atoms with Crippen LogP contribution in [0.3, 0.4) is 0 Å². The normalized spacial score (nSPS) is 19.5. The summed E-state index contributed by atoms with van der Waals surface area (Å²) in [5.41, 5.74) is 2.08. The molecule has 1 aliphatic carbocycles. The van der Waals surface area contributed by atoms with Crippen molar-refractivity contribution in [2.24, 2.45) is 5.41 Å². The number of hydrogen-bond acceptors (Lipinski definition) is 1. The molecule has 0 saturated heterocycles. The molecule has 0 nitrogen and oxygen atoms in total. The molecule has 1 aliphatic rings. The van der Waals surface area contributed by atoms with Gasteiger partial charge in [0.05, 0.1) is 3.79 Å². The summed E-state index contributed by atoms with van der Waals surface area (Å²) in [6.07, 6.45) is 4.02. The van der Waals surface area contributed by atoms with Crippen LogP contribution in [0.25, 0.3) is 0 Å². The van der Waals surface area contributed by atoms with Gasteiger partial charge in [0.15, 0.2) is 0 Å². The van der Waals surface area contributed by atoms with Crippen LogP contribution in [0, 0.1) is 5.41 Å². The van der Waals surface area contributed by atoms with Gasteiger partial charge in [-0.15, -0.1) is 11.3 Å². The van der Waals surface area contributed by atoms with Crippen molar-refractivity contribution >= 4 is 43.2 Å². The highest BCUT2D eigenvalue weighted by Crippen LogP contribution is 2.50. The third-order valence-electron chi connectivity index (χ3n) is 2.50. The fraction of sp³-hybridized carbons (Fsp3) is 0.556. The Labute approximate surface area is 93.6 Å². The Hall–Kier alpha value is 0.660. The zero-order valence-corrected chi connectivity index (χ0v) is 10.6. The van der Waals surface area contributed by atoms with Gasteiger partial charge in [-0.1, -0.05) is 15.9 Å². The van der Waals surface area contributed by atoms with Crippen LogP contribution < -0.4 is 0 Å². The van der Waals surface area contributed by atoms with Crippen molar-refractivity contribution in [3.63, 3.8) is 0 Å². The summed E-state index contributed by atoms with van der Waals surface area (Å²) in [5.74, 6) is 0. The highest BCUT2D eigenvalue weighted by Gasteiger charge is 2.41. The molecule has 0 radical (unpaired) electrons. The van der Waals surface area contributed by atoms with E-state index in [1.165, 1.54) is 28.6 Å². The lowest BCUT2D eigenvalue weighted by atomic mass is 10.0. The highest BCUT2D eigenvalue weighted by molar-refractivity contribution is 9.11. The minimum atomic E-state index is 0.601. The summed E-state index contributed by atoms with van der Waals surface area (Å²) >= 11 is 8.96. The Morgan fingerprint density at radius 1 is 1.50 bits per heavy atom. The fourth-order valence-electron chi connectivity index (χ4n) is 1.38. The molecule has 12 heavy (non-hydrogen) atoms. The predicted octanol–water partition coefficient (Wildman–Crippen LogP) is 4.23. The topological polar surface area (TPSA) is 0 Å². The Bertz CT molecular complexity index is 276. The Kier molecular flexibility index (Phi) is 2.64. The second-order valence-corrected chi connectivity index (χ2v) is 6.32. The second-order valence-electron chi connectivity index (χ2n) is 3.53. The van der Waals surface area contributed by atoms with Gasteiger partial charge in [0.2, 0.25) is 0 Å². The van der Waals surface area contributed by atoms with E-state index in [1.807, 2.05) is 0 Å². The zero-order valence-electron chi connectivity index (χ0n) is 6.65. The molecular weight excluding hydrogens is 300 g/mol. The summed E-state index contributed by atoms with van der Waals surface area (Å²) in [6.45, 7) is 0. The van der Waals surface area contributed by atoms with E-state index in [0.29, 0.717) is 5.41 Å². The zero-order chi connectivity index (χ0) is 8.60. The number of hydrogen-bond donors (Lipinski definition) is 0. The van der Waals surface area contributed by atoms with Crippen molar-refractivity contribution < 1.29 is 0 Å². The van der Waals surface area contributed by atoms with Gasteiger partial charge in [0.1, 0.15) is 0 Å². The fourth-order valence-corrected chi connectivity index (χ4v) is 3.38.